The summed E-state index contributed by atoms with van der Waals surface area (Å²) in [5.41, 5.74) is 7.00. The number of carbonyl (C=O) groups is 4. The Labute approximate surface area is 214 Å². The molecule has 1 saturated heterocycles. The zero-order valence-corrected chi connectivity index (χ0v) is 20.2. The summed E-state index contributed by atoms with van der Waals surface area (Å²) in [5, 5.41) is 33.6. The molecule has 2 aromatic rings. The van der Waals surface area contributed by atoms with Crippen LogP contribution in [0.15, 0.2) is 54.6 Å². The van der Waals surface area contributed by atoms with Gasteiger partial charge < -0.3 is 36.6 Å². The molecule has 1 aliphatic rings. The number of carboxylic acid groups (broad SMARTS) is 1. The molecule has 0 aromatic heterocycles. The van der Waals surface area contributed by atoms with E-state index in [1.165, 1.54) is 17.0 Å². The average molecular weight is 513 g/mol. The first-order chi connectivity index (χ1) is 17.7. The molecule has 0 saturated carbocycles. The number of aliphatic hydroxyl groups excluding tert-OH is 1. The van der Waals surface area contributed by atoms with Crippen molar-refractivity contribution >= 4 is 23.7 Å². The Balaban J connectivity index is 1.77. The summed E-state index contributed by atoms with van der Waals surface area (Å²) >= 11 is 0. The number of carbonyl (C=O) groups excluding carboxylic acids is 3. The van der Waals surface area contributed by atoms with Crippen LogP contribution in [0.1, 0.15) is 24.0 Å². The van der Waals surface area contributed by atoms with Crippen LogP contribution in [0.5, 0.6) is 5.75 Å². The molecule has 2 aromatic carbocycles. The number of benzene rings is 2. The van der Waals surface area contributed by atoms with Gasteiger partial charge in [0.1, 0.15) is 29.9 Å². The molecular weight excluding hydrogens is 480 g/mol. The molecule has 3 amide bonds. The number of carboxylic acids is 1. The normalized spacial score (nSPS) is 17.5. The standard InChI is InChI=1S/C26H32N4O7/c27-19(15-31)25(35)30-12-4-7-22(30)24(34)28-20(13-16-5-2-1-3-6-16)23(33)29-21(26(36)37)14-17-8-10-18(32)11-9-17/h1-3,5-6,8-11,19-22,31-32H,4,7,12-15,27H2,(H,28,34)(H,29,33)(H,36,37). The highest BCUT2D eigenvalue weighted by molar-refractivity contribution is 5.94. The minimum absolute atomic E-state index is 0.0304. The molecule has 11 nitrogen and oxygen atoms in total. The summed E-state index contributed by atoms with van der Waals surface area (Å²) in [6.45, 7) is -0.256. The molecule has 1 fully saturated rings. The summed E-state index contributed by atoms with van der Waals surface area (Å²) in [7, 11) is 0. The fourth-order valence-corrected chi connectivity index (χ4v) is 4.26. The maximum atomic E-state index is 13.3. The predicted octanol–water partition coefficient (Wildman–Crippen LogP) is -0.458. The Kier molecular flexibility index (Phi) is 9.58. The van der Waals surface area contributed by atoms with Crippen LogP contribution in [-0.4, -0.2) is 81.2 Å². The van der Waals surface area contributed by atoms with Gasteiger partial charge in [-0.1, -0.05) is 42.5 Å². The van der Waals surface area contributed by atoms with Gasteiger partial charge in [-0.3, -0.25) is 14.4 Å². The number of phenols is 1. The number of hydrogen-bond acceptors (Lipinski definition) is 7. The molecule has 0 bridgehead atoms. The molecule has 7 N–H and O–H groups in total. The van der Waals surface area contributed by atoms with E-state index in [0.717, 1.165) is 5.56 Å². The van der Waals surface area contributed by atoms with E-state index in [2.05, 4.69) is 10.6 Å². The van der Waals surface area contributed by atoms with Gasteiger partial charge in [0.05, 0.1) is 6.61 Å². The lowest BCUT2D eigenvalue weighted by Gasteiger charge is -2.28. The van der Waals surface area contributed by atoms with Gasteiger partial charge in [-0.15, -0.1) is 0 Å². The number of nitrogens with zero attached hydrogens (tertiary/aromatic N) is 1. The highest BCUT2D eigenvalue weighted by Crippen LogP contribution is 2.19. The number of phenolic OH excluding ortho intramolecular Hbond substituents is 1. The fourth-order valence-electron chi connectivity index (χ4n) is 4.26. The quantitative estimate of drug-likeness (QED) is 0.234. The first-order valence-electron chi connectivity index (χ1n) is 12.0. The van der Waals surface area contributed by atoms with E-state index in [9.17, 15) is 34.5 Å². The van der Waals surface area contributed by atoms with Crippen LogP contribution in [0.3, 0.4) is 0 Å². The molecule has 11 heteroatoms. The zero-order chi connectivity index (χ0) is 26.9. The molecule has 198 valence electrons. The molecule has 4 atom stereocenters. The lowest BCUT2D eigenvalue weighted by Crippen LogP contribution is -2.57. The van der Waals surface area contributed by atoms with Gasteiger partial charge in [0.15, 0.2) is 0 Å². The fraction of sp³-hybridized carbons (Fsp3) is 0.385. The van der Waals surface area contributed by atoms with Crippen molar-refractivity contribution in [3.63, 3.8) is 0 Å². The number of hydrogen-bond donors (Lipinski definition) is 6. The Morgan fingerprint density at radius 3 is 2.19 bits per heavy atom. The summed E-state index contributed by atoms with van der Waals surface area (Å²) in [5.74, 6) is -3.02. The zero-order valence-electron chi connectivity index (χ0n) is 20.2. The molecule has 4 unspecified atom stereocenters. The topological polar surface area (TPSA) is 182 Å². The van der Waals surface area contributed by atoms with Gasteiger partial charge in [-0.25, -0.2) is 4.79 Å². The van der Waals surface area contributed by atoms with E-state index >= 15 is 0 Å². The molecule has 3 rings (SSSR count). The maximum Gasteiger partial charge on any atom is 0.326 e. The van der Waals surface area contributed by atoms with E-state index < -0.39 is 54.5 Å². The van der Waals surface area contributed by atoms with Crippen LogP contribution < -0.4 is 16.4 Å². The Bertz CT molecular complexity index is 1090. The van der Waals surface area contributed by atoms with Crippen molar-refractivity contribution in [3.05, 3.63) is 65.7 Å². The Morgan fingerprint density at radius 1 is 0.946 bits per heavy atom. The SMILES string of the molecule is NC(CO)C(=O)N1CCCC1C(=O)NC(Cc1ccccc1)C(=O)NC(Cc1ccc(O)cc1)C(=O)O. The second-order valence-electron chi connectivity index (χ2n) is 9.00. The van der Waals surface area contributed by atoms with E-state index in [1.54, 1.807) is 36.4 Å². The van der Waals surface area contributed by atoms with Gasteiger partial charge in [0, 0.05) is 19.4 Å². The number of likely N-dealkylation sites (tertiary alicyclic amines) is 1. The third-order valence-electron chi connectivity index (χ3n) is 6.26. The third-order valence-corrected chi connectivity index (χ3v) is 6.26. The van der Waals surface area contributed by atoms with Gasteiger partial charge >= 0.3 is 5.97 Å². The number of amides is 3. The van der Waals surface area contributed by atoms with Crippen LogP contribution in [0, 0.1) is 0 Å². The van der Waals surface area contributed by atoms with Crippen LogP contribution in [0.25, 0.3) is 0 Å². The highest BCUT2D eigenvalue weighted by Gasteiger charge is 2.37. The summed E-state index contributed by atoms with van der Waals surface area (Å²) in [6.07, 6.45) is 0.997. The minimum atomic E-state index is -1.28. The van der Waals surface area contributed by atoms with Crippen molar-refractivity contribution in [2.24, 2.45) is 5.73 Å². The number of rotatable bonds is 11. The lowest BCUT2D eigenvalue weighted by atomic mass is 10.0. The number of aliphatic hydroxyl groups is 1. The summed E-state index contributed by atoms with van der Waals surface area (Å²) < 4.78 is 0. The van der Waals surface area contributed by atoms with Gasteiger partial charge in [0.25, 0.3) is 0 Å². The maximum absolute atomic E-state index is 13.3. The number of aliphatic carboxylic acids is 1. The van der Waals surface area contributed by atoms with Crippen molar-refractivity contribution < 1.29 is 34.5 Å². The predicted molar refractivity (Wildman–Crippen MR) is 133 cm³/mol. The highest BCUT2D eigenvalue weighted by atomic mass is 16.4. The van der Waals surface area contributed by atoms with Crippen LogP contribution in [0.4, 0.5) is 0 Å². The number of nitrogens with two attached hydrogens (primary N) is 1. The minimum Gasteiger partial charge on any atom is -0.508 e. The van der Waals surface area contributed by atoms with E-state index in [0.29, 0.717) is 24.9 Å². The molecule has 1 heterocycles. The van der Waals surface area contributed by atoms with Crippen molar-refractivity contribution in [2.75, 3.05) is 13.2 Å². The second-order valence-corrected chi connectivity index (χ2v) is 9.00. The first-order valence-corrected chi connectivity index (χ1v) is 12.0. The molecule has 37 heavy (non-hydrogen) atoms. The lowest BCUT2D eigenvalue weighted by molar-refractivity contribution is -0.143. The molecule has 0 aliphatic carbocycles. The second kappa shape index (κ2) is 12.8. The van der Waals surface area contributed by atoms with Crippen LogP contribution in [0.2, 0.25) is 0 Å². The van der Waals surface area contributed by atoms with E-state index in [-0.39, 0.29) is 18.6 Å². The van der Waals surface area contributed by atoms with Gasteiger partial charge in [-0.2, -0.15) is 0 Å². The monoisotopic (exact) mass is 512 g/mol. The summed E-state index contributed by atoms with van der Waals surface area (Å²) in [6, 6.07) is 10.5. The van der Waals surface area contributed by atoms with Gasteiger partial charge in [0.2, 0.25) is 17.7 Å². The summed E-state index contributed by atoms with van der Waals surface area (Å²) in [4.78, 5) is 52.2. The van der Waals surface area contributed by atoms with Crippen LogP contribution in [-0.2, 0) is 32.0 Å². The Morgan fingerprint density at radius 2 is 1.57 bits per heavy atom. The smallest absolute Gasteiger partial charge is 0.326 e. The van der Waals surface area contributed by atoms with Crippen molar-refractivity contribution in [1.82, 2.24) is 15.5 Å². The van der Waals surface area contributed by atoms with Gasteiger partial charge in [-0.05, 0) is 36.1 Å². The van der Waals surface area contributed by atoms with Crippen molar-refractivity contribution in [2.45, 2.75) is 49.9 Å². The number of nitrogens with one attached hydrogen (secondary N) is 2. The average Bonchev–Trinajstić information content (AvgIpc) is 3.39. The largest absolute Gasteiger partial charge is 0.508 e. The Hall–Kier alpha value is -3.96. The third kappa shape index (κ3) is 7.51. The van der Waals surface area contributed by atoms with E-state index in [1.807, 2.05) is 6.07 Å². The first kappa shape index (κ1) is 27.6. The molecule has 1 aliphatic heterocycles. The molecule has 0 radical (unpaired) electrons. The van der Waals surface area contributed by atoms with E-state index in [4.69, 9.17) is 5.73 Å². The molecular formula is C26H32N4O7. The van der Waals surface area contributed by atoms with Crippen molar-refractivity contribution in [3.8, 4) is 5.75 Å². The van der Waals surface area contributed by atoms with Crippen LogP contribution >= 0.6 is 0 Å². The molecule has 0 spiro atoms. The number of aromatic hydroxyl groups is 1. The van der Waals surface area contributed by atoms with Crippen molar-refractivity contribution in [1.29, 1.82) is 0 Å².